The smallest absolute Gasteiger partial charge is 0.119 e. The molecule has 3 nitrogen and oxygen atoms in total. The second-order valence-electron chi connectivity index (χ2n) is 2.15. The first-order valence-corrected chi connectivity index (χ1v) is 5.10. The standard InChI is InChI=1S/C7H6N2OS2/c10-2-7-9-5(3-11-7)6-1-8-4-12-6/h1,3-4,10H,2H2. The molecule has 0 fully saturated rings. The van der Waals surface area contributed by atoms with Crippen molar-refractivity contribution in [3.05, 3.63) is 22.1 Å². The fourth-order valence-corrected chi connectivity index (χ4v) is 2.15. The summed E-state index contributed by atoms with van der Waals surface area (Å²) in [6.45, 7) is 0.0173. The molecule has 62 valence electrons. The Labute approximate surface area is 77.4 Å². The summed E-state index contributed by atoms with van der Waals surface area (Å²) in [5.74, 6) is 0. The van der Waals surface area contributed by atoms with Gasteiger partial charge < -0.3 is 5.11 Å². The van der Waals surface area contributed by atoms with E-state index in [1.807, 2.05) is 5.38 Å². The fraction of sp³-hybridized carbons (Fsp3) is 0.143. The van der Waals surface area contributed by atoms with E-state index in [1.165, 1.54) is 11.3 Å². The average molecular weight is 198 g/mol. The number of hydrogen-bond acceptors (Lipinski definition) is 5. The number of nitrogens with zero attached hydrogens (tertiary/aromatic N) is 2. The highest BCUT2D eigenvalue weighted by Crippen LogP contribution is 2.24. The predicted octanol–water partition coefficient (Wildman–Crippen LogP) is 1.76. The molecule has 0 saturated heterocycles. The summed E-state index contributed by atoms with van der Waals surface area (Å²) >= 11 is 3.02. The SMILES string of the molecule is OCc1nc(-c2cncs2)cs1. The lowest BCUT2D eigenvalue weighted by molar-refractivity contribution is 0.281. The zero-order valence-corrected chi connectivity index (χ0v) is 7.73. The summed E-state index contributed by atoms with van der Waals surface area (Å²) in [5, 5.41) is 11.5. The van der Waals surface area contributed by atoms with E-state index in [0.717, 1.165) is 15.6 Å². The van der Waals surface area contributed by atoms with E-state index < -0.39 is 0 Å². The molecule has 0 saturated carbocycles. The maximum atomic E-state index is 8.78. The van der Waals surface area contributed by atoms with Gasteiger partial charge in [0, 0.05) is 11.6 Å². The van der Waals surface area contributed by atoms with E-state index in [-0.39, 0.29) is 6.61 Å². The van der Waals surface area contributed by atoms with Crippen LogP contribution in [0.1, 0.15) is 5.01 Å². The third-order valence-corrected chi connectivity index (χ3v) is 3.00. The summed E-state index contributed by atoms with van der Waals surface area (Å²) < 4.78 is 0. The highest BCUT2D eigenvalue weighted by Gasteiger charge is 2.04. The van der Waals surface area contributed by atoms with Gasteiger partial charge in [0.2, 0.25) is 0 Å². The van der Waals surface area contributed by atoms with Crippen LogP contribution in [0.4, 0.5) is 0 Å². The Morgan fingerprint density at radius 3 is 2.92 bits per heavy atom. The number of thiazole rings is 2. The fourth-order valence-electron chi connectivity index (χ4n) is 0.839. The van der Waals surface area contributed by atoms with Crippen LogP contribution in [0.25, 0.3) is 10.6 Å². The minimum atomic E-state index is 0.0173. The molecule has 0 aliphatic carbocycles. The lowest BCUT2D eigenvalue weighted by Crippen LogP contribution is -1.79. The molecule has 5 heteroatoms. The van der Waals surface area contributed by atoms with Crippen LogP contribution in [0, 0.1) is 0 Å². The maximum absolute atomic E-state index is 8.78. The first kappa shape index (κ1) is 7.85. The van der Waals surface area contributed by atoms with Crippen molar-refractivity contribution in [1.29, 1.82) is 0 Å². The molecule has 2 rings (SSSR count). The third-order valence-electron chi connectivity index (χ3n) is 1.37. The van der Waals surface area contributed by atoms with E-state index >= 15 is 0 Å². The minimum Gasteiger partial charge on any atom is -0.389 e. The highest BCUT2D eigenvalue weighted by atomic mass is 32.1. The number of rotatable bonds is 2. The van der Waals surface area contributed by atoms with Crippen molar-refractivity contribution in [3.8, 4) is 10.6 Å². The van der Waals surface area contributed by atoms with E-state index in [9.17, 15) is 0 Å². The molecule has 0 atom stereocenters. The lowest BCUT2D eigenvalue weighted by atomic mass is 10.4. The van der Waals surface area contributed by atoms with Gasteiger partial charge in [0.05, 0.1) is 22.7 Å². The van der Waals surface area contributed by atoms with Gasteiger partial charge in [-0.3, -0.25) is 4.98 Å². The topological polar surface area (TPSA) is 46.0 Å². The van der Waals surface area contributed by atoms with Gasteiger partial charge in [-0.2, -0.15) is 0 Å². The van der Waals surface area contributed by atoms with Gasteiger partial charge in [0.15, 0.2) is 0 Å². The third kappa shape index (κ3) is 1.38. The Balaban J connectivity index is 2.35. The van der Waals surface area contributed by atoms with Crippen LogP contribution < -0.4 is 0 Å². The van der Waals surface area contributed by atoms with Crippen molar-refractivity contribution in [2.75, 3.05) is 0 Å². The Hall–Kier alpha value is -0.780. The molecule has 0 spiro atoms. The predicted molar refractivity (Wildman–Crippen MR) is 49.1 cm³/mol. The van der Waals surface area contributed by atoms with Gasteiger partial charge in [0.25, 0.3) is 0 Å². The molecule has 0 bridgehead atoms. The van der Waals surface area contributed by atoms with Crippen LogP contribution in [0.2, 0.25) is 0 Å². The van der Waals surface area contributed by atoms with E-state index in [0.29, 0.717) is 0 Å². The van der Waals surface area contributed by atoms with Crippen LogP contribution in [-0.2, 0) is 6.61 Å². The first-order valence-electron chi connectivity index (χ1n) is 3.34. The number of aromatic nitrogens is 2. The summed E-state index contributed by atoms with van der Waals surface area (Å²) in [6.07, 6.45) is 1.78. The van der Waals surface area contributed by atoms with Crippen molar-refractivity contribution in [2.24, 2.45) is 0 Å². The summed E-state index contributed by atoms with van der Waals surface area (Å²) in [5.41, 5.74) is 2.68. The average Bonchev–Trinajstić information content (AvgIpc) is 2.75. The number of aliphatic hydroxyl groups is 1. The lowest BCUT2D eigenvalue weighted by Gasteiger charge is -1.85. The molecule has 0 amide bonds. The van der Waals surface area contributed by atoms with Crippen molar-refractivity contribution < 1.29 is 5.11 Å². The van der Waals surface area contributed by atoms with Gasteiger partial charge in [-0.05, 0) is 0 Å². The Bertz CT molecular complexity index is 355. The monoisotopic (exact) mass is 198 g/mol. The summed E-state index contributed by atoms with van der Waals surface area (Å²) in [7, 11) is 0. The van der Waals surface area contributed by atoms with Crippen molar-refractivity contribution in [1.82, 2.24) is 9.97 Å². The molecule has 0 unspecified atom stereocenters. The number of aliphatic hydroxyl groups excluding tert-OH is 1. The van der Waals surface area contributed by atoms with Crippen LogP contribution in [0.5, 0.6) is 0 Å². The van der Waals surface area contributed by atoms with Gasteiger partial charge in [-0.15, -0.1) is 22.7 Å². The molecule has 2 heterocycles. The Morgan fingerprint density at radius 1 is 1.42 bits per heavy atom. The van der Waals surface area contributed by atoms with Crippen molar-refractivity contribution in [2.45, 2.75) is 6.61 Å². The highest BCUT2D eigenvalue weighted by molar-refractivity contribution is 7.14. The van der Waals surface area contributed by atoms with Crippen LogP contribution in [0.3, 0.4) is 0 Å². The van der Waals surface area contributed by atoms with Gasteiger partial charge >= 0.3 is 0 Å². The van der Waals surface area contributed by atoms with E-state index in [2.05, 4.69) is 9.97 Å². The number of hydrogen-bond donors (Lipinski definition) is 1. The van der Waals surface area contributed by atoms with Crippen molar-refractivity contribution in [3.63, 3.8) is 0 Å². The Kier molecular flexibility index (Phi) is 2.16. The van der Waals surface area contributed by atoms with Gasteiger partial charge in [-0.25, -0.2) is 4.98 Å². The zero-order valence-electron chi connectivity index (χ0n) is 6.10. The quantitative estimate of drug-likeness (QED) is 0.799. The maximum Gasteiger partial charge on any atom is 0.119 e. The largest absolute Gasteiger partial charge is 0.389 e. The summed E-state index contributed by atoms with van der Waals surface area (Å²) in [6, 6.07) is 0. The van der Waals surface area contributed by atoms with Gasteiger partial charge in [-0.1, -0.05) is 0 Å². The second kappa shape index (κ2) is 3.30. The molecular formula is C7H6N2OS2. The molecule has 12 heavy (non-hydrogen) atoms. The molecular weight excluding hydrogens is 192 g/mol. The molecule has 0 aliphatic heterocycles. The molecule has 0 radical (unpaired) electrons. The molecule has 2 aromatic heterocycles. The minimum absolute atomic E-state index is 0.0173. The van der Waals surface area contributed by atoms with Crippen LogP contribution in [0.15, 0.2) is 17.1 Å². The van der Waals surface area contributed by atoms with Crippen LogP contribution in [-0.4, -0.2) is 15.1 Å². The van der Waals surface area contributed by atoms with Crippen molar-refractivity contribution >= 4 is 22.7 Å². The molecule has 1 N–H and O–H groups in total. The van der Waals surface area contributed by atoms with E-state index in [1.54, 1.807) is 23.0 Å². The summed E-state index contributed by atoms with van der Waals surface area (Å²) in [4.78, 5) is 9.21. The molecule has 0 aliphatic rings. The van der Waals surface area contributed by atoms with Gasteiger partial charge in [0.1, 0.15) is 5.01 Å². The van der Waals surface area contributed by atoms with Crippen LogP contribution >= 0.6 is 22.7 Å². The normalized spacial score (nSPS) is 10.4. The first-order chi connectivity index (χ1) is 5.90. The molecule has 0 aromatic carbocycles. The molecule has 2 aromatic rings. The van der Waals surface area contributed by atoms with E-state index in [4.69, 9.17) is 5.11 Å². The Morgan fingerprint density at radius 2 is 2.33 bits per heavy atom. The zero-order chi connectivity index (χ0) is 8.39. The second-order valence-corrected chi connectivity index (χ2v) is 3.98.